The van der Waals surface area contributed by atoms with Crippen LogP contribution < -0.4 is 10.6 Å². The highest BCUT2D eigenvalue weighted by Gasteiger charge is 2.15. The fourth-order valence-electron chi connectivity index (χ4n) is 3.09. The van der Waals surface area contributed by atoms with Crippen LogP contribution in [-0.2, 0) is 0 Å². The maximum atomic E-state index is 3.67. The summed E-state index contributed by atoms with van der Waals surface area (Å²) in [4.78, 5) is 2.62. The molecule has 2 saturated heterocycles. The van der Waals surface area contributed by atoms with Gasteiger partial charge in [0, 0.05) is 6.54 Å². The summed E-state index contributed by atoms with van der Waals surface area (Å²) in [7, 11) is 0. The van der Waals surface area contributed by atoms with Crippen LogP contribution in [0.4, 0.5) is 0 Å². The average molecular weight is 239 g/mol. The third-order valence-electron chi connectivity index (χ3n) is 4.15. The number of hydrogen-bond donors (Lipinski definition) is 2. The molecule has 2 N–H and O–H groups in total. The van der Waals surface area contributed by atoms with E-state index in [0.29, 0.717) is 0 Å². The van der Waals surface area contributed by atoms with Gasteiger partial charge in [-0.15, -0.1) is 0 Å². The van der Waals surface area contributed by atoms with Crippen LogP contribution in [-0.4, -0.2) is 50.7 Å². The van der Waals surface area contributed by atoms with E-state index in [2.05, 4.69) is 22.5 Å². The van der Waals surface area contributed by atoms with Crippen molar-refractivity contribution in [1.29, 1.82) is 0 Å². The van der Waals surface area contributed by atoms with Crippen LogP contribution in [0.2, 0.25) is 0 Å². The Morgan fingerprint density at radius 3 is 2.65 bits per heavy atom. The van der Waals surface area contributed by atoms with Crippen LogP contribution in [0.25, 0.3) is 0 Å². The predicted octanol–water partition coefficient (Wildman–Crippen LogP) is 1.31. The van der Waals surface area contributed by atoms with Gasteiger partial charge in [0.2, 0.25) is 0 Å². The maximum absolute atomic E-state index is 3.67. The molecule has 2 heterocycles. The summed E-state index contributed by atoms with van der Waals surface area (Å²) in [5.74, 6) is 1.71. The van der Waals surface area contributed by atoms with Crippen molar-refractivity contribution in [3.8, 4) is 0 Å². The normalized spacial score (nSPS) is 25.2. The minimum absolute atomic E-state index is 0.801. The summed E-state index contributed by atoms with van der Waals surface area (Å²) in [6, 6.07) is 0. The molecule has 0 bridgehead atoms. The number of nitrogens with zero attached hydrogens (tertiary/aromatic N) is 1. The van der Waals surface area contributed by atoms with E-state index < -0.39 is 0 Å². The first-order chi connectivity index (χ1) is 8.34. The van der Waals surface area contributed by atoms with Crippen molar-refractivity contribution in [1.82, 2.24) is 15.5 Å². The summed E-state index contributed by atoms with van der Waals surface area (Å²) >= 11 is 0. The molecule has 3 nitrogen and oxygen atoms in total. The van der Waals surface area contributed by atoms with E-state index in [1.807, 2.05) is 0 Å². The lowest BCUT2D eigenvalue weighted by Crippen LogP contribution is -2.37. The van der Waals surface area contributed by atoms with Crippen molar-refractivity contribution in [2.75, 3.05) is 45.8 Å². The molecule has 0 aromatic heterocycles. The van der Waals surface area contributed by atoms with Gasteiger partial charge in [-0.25, -0.2) is 0 Å². The molecule has 0 saturated carbocycles. The third kappa shape index (κ3) is 4.94. The van der Waals surface area contributed by atoms with Crippen LogP contribution in [0.1, 0.15) is 32.6 Å². The van der Waals surface area contributed by atoms with Gasteiger partial charge in [0.25, 0.3) is 0 Å². The van der Waals surface area contributed by atoms with Crippen LogP contribution in [0.3, 0.4) is 0 Å². The molecule has 0 amide bonds. The number of piperidine rings is 1. The minimum Gasteiger partial charge on any atom is -0.317 e. The minimum atomic E-state index is 0.801. The number of rotatable bonds is 6. The van der Waals surface area contributed by atoms with Gasteiger partial charge in [0.15, 0.2) is 0 Å². The molecule has 1 unspecified atom stereocenters. The summed E-state index contributed by atoms with van der Waals surface area (Å²) in [5.41, 5.74) is 0. The SMILES string of the molecule is CC(CNCC1CCNCC1)CN1CCCC1. The van der Waals surface area contributed by atoms with Crippen molar-refractivity contribution < 1.29 is 0 Å². The summed E-state index contributed by atoms with van der Waals surface area (Å²) < 4.78 is 0. The Bertz CT molecular complexity index is 196. The van der Waals surface area contributed by atoms with Gasteiger partial charge in [-0.2, -0.15) is 0 Å². The van der Waals surface area contributed by atoms with Crippen molar-refractivity contribution in [3.63, 3.8) is 0 Å². The Balaban J connectivity index is 1.51. The highest BCUT2D eigenvalue weighted by atomic mass is 15.1. The first kappa shape index (κ1) is 13.3. The van der Waals surface area contributed by atoms with Crippen LogP contribution in [0.5, 0.6) is 0 Å². The molecule has 2 aliphatic rings. The summed E-state index contributed by atoms with van der Waals surface area (Å²) in [6.07, 6.45) is 5.53. The largest absolute Gasteiger partial charge is 0.317 e. The van der Waals surface area contributed by atoms with Gasteiger partial charge < -0.3 is 15.5 Å². The van der Waals surface area contributed by atoms with E-state index >= 15 is 0 Å². The monoisotopic (exact) mass is 239 g/mol. The van der Waals surface area contributed by atoms with E-state index in [1.165, 1.54) is 71.5 Å². The lowest BCUT2D eigenvalue weighted by atomic mass is 9.98. The number of nitrogens with one attached hydrogen (secondary N) is 2. The van der Waals surface area contributed by atoms with Crippen molar-refractivity contribution in [3.05, 3.63) is 0 Å². The van der Waals surface area contributed by atoms with E-state index in [0.717, 1.165) is 11.8 Å². The second-order valence-corrected chi connectivity index (χ2v) is 5.96. The quantitative estimate of drug-likeness (QED) is 0.732. The highest BCUT2D eigenvalue weighted by molar-refractivity contribution is 4.73. The fraction of sp³-hybridized carbons (Fsp3) is 1.00. The fourth-order valence-corrected chi connectivity index (χ4v) is 3.09. The van der Waals surface area contributed by atoms with Gasteiger partial charge in [0.1, 0.15) is 0 Å². The summed E-state index contributed by atoms with van der Waals surface area (Å²) in [6.45, 7) is 11.2. The molecule has 3 heteroatoms. The Hall–Kier alpha value is -0.120. The Labute approximate surface area is 106 Å². The third-order valence-corrected chi connectivity index (χ3v) is 4.15. The standard InChI is InChI=1S/C14H29N3/c1-13(12-17-8-2-3-9-17)10-16-11-14-4-6-15-7-5-14/h13-16H,2-12H2,1H3. The molecule has 0 radical (unpaired) electrons. The lowest BCUT2D eigenvalue weighted by molar-refractivity contribution is 0.275. The highest BCUT2D eigenvalue weighted by Crippen LogP contribution is 2.11. The van der Waals surface area contributed by atoms with E-state index in [9.17, 15) is 0 Å². The smallest absolute Gasteiger partial charge is 0.00191 e. The van der Waals surface area contributed by atoms with Crippen LogP contribution >= 0.6 is 0 Å². The van der Waals surface area contributed by atoms with Gasteiger partial charge in [-0.3, -0.25) is 0 Å². The molecule has 0 aromatic rings. The van der Waals surface area contributed by atoms with Gasteiger partial charge in [-0.1, -0.05) is 6.92 Å². The maximum Gasteiger partial charge on any atom is 0.00191 e. The zero-order chi connectivity index (χ0) is 11.9. The molecular formula is C14H29N3. The van der Waals surface area contributed by atoms with E-state index in [-0.39, 0.29) is 0 Å². The van der Waals surface area contributed by atoms with E-state index in [1.54, 1.807) is 0 Å². The van der Waals surface area contributed by atoms with Gasteiger partial charge in [0.05, 0.1) is 0 Å². The number of hydrogen-bond acceptors (Lipinski definition) is 3. The Morgan fingerprint density at radius 1 is 1.24 bits per heavy atom. The van der Waals surface area contributed by atoms with Crippen molar-refractivity contribution in [2.24, 2.45) is 11.8 Å². The Morgan fingerprint density at radius 2 is 1.94 bits per heavy atom. The lowest BCUT2D eigenvalue weighted by Gasteiger charge is -2.25. The topological polar surface area (TPSA) is 27.3 Å². The average Bonchev–Trinajstić information content (AvgIpc) is 2.83. The van der Waals surface area contributed by atoms with Crippen molar-refractivity contribution in [2.45, 2.75) is 32.6 Å². The Kier molecular flexibility index (Phi) is 5.75. The van der Waals surface area contributed by atoms with Gasteiger partial charge >= 0.3 is 0 Å². The molecule has 17 heavy (non-hydrogen) atoms. The number of likely N-dealkylation sites (tertiary alicyclic amines) is 1. The molecule has 2 aliphatic heterocycles. The van der Waals surface area contributed by atoms with Crippen molar-refractivity contribution >= 4 is 0 Å². The summed E-state index contributed by atoms with van der Waals surface area (Å²) in [5, 5.41) is 7.10. The second kappa shape index (κ2) is 7.34. The molecule has 100 valence electrons. The molecule has 0 aliphatic carbocycles. The molecule has 1 atom stereocenters. The first-order valence-electron chi connectivity index (χ1n) is 7.48. The predicted molar refractivity (Wildman–Crippen MR) is 73.3 cm³/mol. The molecule has 2 fully saturated rings. The molecule has 0 spiro atoms. The second-order valence-electron chi connectivity index (χ2n) is 5.96. The first-order valence-corrected chi connectivity index (χ1v) is 7.48. The molecular weight excluding hydrogens is 210 g/mol. The van der Waals surface area contributed by atoms with Gasteiger partial charge in [-0.05, 0) is 76.8 Å². The van der Waals surface area contributed by atoms with Crippen LogP contribution in [0, 0.1) is 11.8 Å². The molecule has 0 aromatic carbocycles. The van der Waals surface area contributed by atoms with Crippen LogP contribution in [0.15, 0.2) is 0 Å². The van der Waals surface area contributed by atoms with E-state index in [4.69, 9.17) is 0 Å². The molecule has 2 rings (SSSR count). The zero-order valence-electron chi connectivity index (χ0n) is 11.4. The zero-order valence-corrected chi connectivity index (χ0v) is 11.4.